The van der Waals surface area contributed by atoms with Gasteiger partial charge in [-0.2, -0.15) is 5.10 Å². The van der Waals surface area contributed by atoms with Gasteiger partial charge in [-0.15, -0.1) is 10.2 Å². The number of nitrogens with zero attached hydrogens (tertiary/aromatic N) is 3. The van der Waals surface area contributed by atoms with Crippen LogP contribution in [-0.2, 0) is 0 Å². The number of hydrogen-bond donors (Lipinski definition) is 2. The number of furan rings is 1. The summed E-state index contributed by atoms with van der Waals surface area (Å²) in [5.74, 6) is 1.31. The van der Waals surface area contributed by atoms with Gasteiger partial charge in [-0.3, -0.25) is 9.78 Å². The third-order valence-electron chi connectivity index (χ3n) is 2.99. The Balaban J connectivity index is 1.73. The van der Waals surface area contributed by atoms with Crippen molar-refractivity contribution >= 4 is 23.8 Å². The van der Waals surface area contributed by atoms with Gasteiger partial charge in [0.1, 0.15) is 17.2 Å². The molecule has 7 nitrogen and oxygen atoms in total. The van der Waals surface area contributed by atoms with Gasteiger partial charge in [0.15, 0.2) is 0 Å². The molecule has 2 aromatic heterocycles. The standard InChI is InChI=1S/C15H12ClN5O2/c1-9-14(22)18-15(21-19-9)20-17-8-10-6-7-13(23-10)11-4-2-3-5-12(11)16/h2-8H,1H3,(H2,18,20,21,22)/b17-8-. The van der Waals surface area contributed by atoms with Crippen LogP contribution in [0.1, 0.15) is 11.5 Å². The van der Waals surface area contributed by atoms with Crippen LogP contribution in [0.15, 0.2) is 50.7 Å². The number of aromatic amines is 1. The molecule has 0 bridgehead atoms. The lowest BCUT2D eigenvalue weighted by molar-refractivity contribution is 0.575. The summed E-state index contributed by atoms with van der Waals surface area (Å²) in [6, 6.07) is 11.0. The van der Waals surface area contributed by atoms with Crippen LogP contribution in [0.25, 0.3) is 11.3 Å². The van der Waals surface area contributed by atoms with E-state index in [0.29, 0.717) is 16.5 Å². The molecule has 0 spiro atoms. The Morgan fingerprint density at radius 1 is 1.26 bits per heavy atom. The van der Waals surface area contributed by atoms with E-state index in [-0.39, 0.29) is 17.2 Å². The van der Waals surface area contributed by atoms with E-state index < -0.39 is 0 Å². The van der Waals surface area contributed by atoms with Crippen LogP contribution >= 0.6 is 11.6 Å². The van der Waals surface area contributed by atoms with Crippen LogP contribution in [0.5, 0.6) is 0 Å². The van der Waals surface area contributed by atoms with Gasteiger partial charge in [-0.05, 0) is 31.2 Å². The summed E-state index contributed by atoms with van der Waals surface area (Å²) >= 11 is 6.13. The summed E-state index contributed by atoms with van der Waals surface area (Å²) in [6.07, 6.45) is 1.46. The highest BCUT2D eigenvalue weighted by atomic mass is 35.5. The van der Waals surface area contributed by atoms with Crippen LogP contribution in [-0.4, -0.2) is 21.4 Å². The molecule has 116 valence electrons. The highest BCUT2D eigenvalue weighted by molar-refractivity contribution is 6.33. The van der Waals surface area contributed by atoms with E-state index >= 15 is 0 Å². The Labute approximate surface area is 136 Å². The number of hydrazone groups is 1. The molecule has 23 heavy (non-hydrogen) atoms. The molecular weight excluding hydrogens is 318 g/mol. The number of H-pyrrole nitrogens is 1. The lowest BCUT2D eigenvalue weighted by atomic mass is 10.2. The number of benzene rings is 1. The van der Waals surface area contributed by atoms with E-state index in [1.165, 1.54) is 6.21 Å². The molecule has 2 N–H and O–H groups in total. The Hall–Kier alpha value is -2.93. The van der Waals surface area contributed by atoms with E-state index in [1.807, 2.05) is 18.2 Å². The molecule has 0 aliphatic heterocycles. The summed E-state index contributed by atoms with van der Waals surface area (Å²) in [5.41, 5.74) is 3.34. The second kappa shape index (κ2) is 6.45. The van der Waals surface area contributed by atoms with Crippen molar-refractivity contribution in [1.82, 2.24) is 15.2 Å². The normalized spacial score (nSPS) is 11.0. The zero-order valence-electron chi connectivity index (χ0n) is 12.1. The van der Waals surface area contributed by atoms with Crippen molar-refractivity contribution in [2.24, 2.45) is 5.10 Å². The molecule has 1 aromatic carbocycles. The van der Waals surface area contributed by atoms with Crippen molar-refractivity contribution in [3.63, 3.8) is 0 Å². The second-order valence-electron chi connectivity index (χ2n) is 4.64. The van der Waals surface area contributed by atoms with Gasteiger partial charge in [-0.25, -0.2) is 5.43 Å². The Bertz CT molecular complexity index is 916. The second-order valence-corrected chi connectivity index (χ2v) is 5.05. The molecule has 0 atom stereocenters. The summed E-state index contributed by atoms with van der Waals surface area (Å²) in [4.78, 5) is 13.9. The summed E-state index contributed by atoms with van der Waals surface area (Å²) < 4.78 is 5.65. The maximum absolute atomic E-state index is 11.4. The molecular formula is C15H12ClN5O2. The fraction of sp³-hybridized carbons (Fsp3) is 0.0667. The zero-order chi connectivity index (χ0) is 16.2. The smallest absolute Gasteiger partial charge is 0.274 e. The SMILES string of the molecule is Cc1nnc(N/N=C\c2ccc(-c3ccccc3Cl)o2)[nH]c1=O. The van der Waals surface area contributed by atoms with Gasteiger partial charge in [0.2, 0.25) is 5.95 Å². The number of rotatable bonds is 4. The molecule has 0 unspecified atom stereocenters. The minimum Gasteiger partial charge on any atom is -0.455 e. The van der Waals surface area contributed by atoms with Crippen molar-refractivity contribution in [2.75, 3.05) is 5.43 Å². The molecule has 2 heterocycles. The molecule has 0 aliphatic carbocycles. The molecule has 8 heteroatoms. The average molecular weight is 330 g/mol. The van der Waals surface area contributed by atoms with Crippen molar-refractivity contribution in [3.05, 3.63) is 63.2 Å². The average Bonchev–Trinajstić information content (AvgIpc) is 3.00. The molecule has 0 aliphatic rings. The Morgan fingerprint density at radius 2 is 2.09 bits per heavy atom. The van der Waals surface area contributed by atoms with Crippen LogP contribution in [0, 0.1) is 6.92 Å². The van der Waals surface area contributed by atoms with Gasteiger partial charge in [-0.1, -0.05) is 23.7 Å². The van der Waals surface area contributed by atoms with Gasteiger partial charge in [0, 0.05) is 5.56 Å². The number of nitrogens with one attached hydrogen (secondary N) is 2. The monoisotopic (exact) mass is 329 g/mol. The summed E-state index contributed by atoms with van der Waals surface area (Å²) in [5, 5.41) is 12.0. The molecule has 0 saturated heterocycles. The lowest BCUT2D eigenvalue weighted by Gasteiger charge is -1.99. The predicted molar refractivity (Wildman–Crippen MR) is 87.8 cm³/mol. The van der Waals surface area contributed by atoms with E-state index in [9.17, 15) is 4.79 Å². The van der Waals surface area contributed by atoms with E-state index in [2.05, 4.69) is 25.7 Å². The number of halogens is 1. The molecule has 0 radical (unpaired) electrons. The Morgan fingerprint density at radius 3 is 2.87 bits per heavy atom. The zero-order valence-corrected chi connectivity index (χ0v) is 12.8. The topological polar surface area (TPSA) is 96.2 Å². The van der Waals surface area contributed by atoms with Crippen LogP contribution < -0.4 is 11.0 Å². The van der Waals surface area contributed by atoms with Crippen molar-refractivity contribution < 1.29 is 4.42 Å². The quantitative estimate of drug-likeness (QED) is 0.566. The van der Waals surface area contributed by atoms with Gasteiger partial charge >= 0.3 is 0 Å². The van der Waals surface area contributed by atoms with E-state index in [4.69, 9.17) is 16.0 Å². The van der Waals surface area contributed by atoms with Crippen molar-refractivity contribution in [3.8, 4) is 11.3 Å². The predicted octanol–water partition coefficient (Wildman–Crippen LogP) is 2.83. The van der Waals surface area contributed by atoms with Crippen molar-refractivity contribution in [1.29, 1.82) is 0 Å². The summed E-state index contributed by atoms with van der Waals surface area (Å²) in [6.45, 7) is 1.57. The number of hydrogen-bond acceptors (Lipinski definition) is 6. The highest BCUT2D eigenvalue weighted by Crippen LogP contribution is 2.28. The minimum atomic E-state index is -0.322. The van der Waals surface area contributed by atoms with Crippen LogP contribution in [0.2, 0.25) is 5.02 Å². The molecule has 0 fully saturated rings. The highest BCUT2D eigenvalue weighted by Gasteiger charge is 2.07. The van der Waals surface area contributed by atoms with E-state index in [0.717, 1.165) is 5.56 Å². The molecule has 0 amide bonds. The largest absolute Gasteiger partial charge is 0.455 e. The molecule has 3 aromatic rings. The van der Waals surface area contributed by atoms with E-state index in [1.54, 1.807) is 25.1 Å². The summed E-state index contributed by atoms with van der Waals surface area (Å²) in [7, 11) is 0. The number of aryl methyl sites for hydroxylation is 1. The van der Waals surface area contributed by atoms with Crippen molar-refractivity contribution in [2.45, 2.75) is 6.92 Å². The Kier molecular flexibility index (Phi) is 4.20. The first kappa shape index (κ1) is 15.0. The van der Waals surface area contributed by atoms with Gasteiger partial charge in [0.05, 0.1) is 11.2 Å². The van der Waals surface area contributed by atoms with Crippen LogP contribution in [0.3, 0.4) is 0 Å². The maximum Gasteiger partial charge on any atom is 0.274 e. The third kappa shape index (κ3) is 3.46. The van der Waals surface area contributed by atoms with Gasteiger partial charge < -0.3 is 4.42 Å². The lowest BCUT2D eigenvalue weighted by Crippen LogP contribution is -2.15. The fourth-order valence-electron chi connectivity index (χ4n) is 1.83. The number of anilines is 1. The number of aromatic nitrogens is 3. The first-order valence-corrected chi connectivity index (χ1v) is 7.09. The maximum atomic E-state index is 11.4. The first-order valence-electron chi connectivity index (χ1n) is 6.71. The van der Waals surface area contributed by atoms with Crippen LogP contribution in [0.4, 0.5) is 5.95 Å². The molecule has 3 rings (SSSR count). The third-order valence-corrected chi connectivity index (χ3v) is 3.32. The molecule has 0 saturated carbocycles. The van der Waals surface area contributed by atoms with Gasteiger partial charge in [0.25, 0.3) is 5.56 Å². The first-order chi connectivity index (χ1) is 11.1. The fourth-order valence-corrected chi connectivity index (χ4v) is 2.06. The minimum absolute atomic E-state index is 0.148.